The molecule has 0 aliphatic rings. The second-order valence-corrected chi connectivity index (χ2v) is 6.31. The molecule has 8 N–H and O–H groups in total. The van der Waals surface area contributed by atoms with Gasteiger partial charge in [0, 0.05) is 6.42 Å². The number of carboxylic acids is 2. The fraction of sp³-hybridized carbons (Fsp3) is 0.389. The standard InChI is InChI=1S/C18H24N4O8/c19-11(7-15(25)26)16(27)22-12(6-10-4-2-1-3-5-10)17(28)20-8-14(24)21-13(9-23)18(29)30/h1-5,11-13,23H,6-9,19H2,(H,20,28)(H,21,24)(H,22,27)(H,25,26)(H,29,30). The largest absolute Gasteiger partial charge is 0.481 e. The molecular formula is C18H24N4O8. The zero-order chi connectivity index (χ0) is 22.7. The van der Waals surface area contributed by atoms with E-state index in [1.165, 1.54) is 0 Å². The first-order chi connectivity index (χ1) is 14.1. The van der Waals surface area contributed by atoms with Crippen LogP contribution in [-0.2, 0) is 30.4 Å². The molecule has 12 nitrogen and oxygen atoms in total. The molecule has 0 saturated carbocycles. The number of aliphatic hydroxyl groups is 1. The Bertz CT molecular complexity index is 771. The summed E-state index contributed by atoms with van der Waals surface area (Å²) in [5.41, 5.74) is 6.19. The van der Waals surface area contributed by atoms with E-state index >= 15 is 0 Å². The van der Waals surface area contributed by atoms with E-state index in [9.17, 15) is 24.0 Å². The van der Waals surface area contributed by atoms with E-state index in [0.717, 1.165) is 0 Å². The minimum atomic E-state index is -1.52. The van der Waals surface area contributed by atoms with Gasteiger partial charge in [-0.05, 0) is 5.56 Å². The van der Waals surface area contributed by atoms with Crippen LogP contribution in [0, 0.1) is 0 Å². The molecule has 0 spiro atoms. The quantitative estimate of drug-likeness (QED) is 0.184. The summed E-state index contributed by atoms with van der Waals surface area (Å²) < 4.78 is 0. The minimum Gasteiger partial charge on any atom is -0.481 e. The molecule has 0 saturated heterocycles. The van der Waals surface area contributed by atoms with Crippen LogP contribution in [0.1, 0.15) is 12.0 Å². The van der Waals surface area contributed by atoms with Crippen molar-refractivity contribution in [3.63, 3.8) is 0 Å². The molecule has 0 fully saturated rings. The number of carboxylic acid groups (broad SMARTS) is 2. The summed E-state index contributed by atoms with van der Waals surface area (Å²) in [7, 11) is 0. The van der Waals surface area contributed by atoms with Crippen LogP contribution in [0.4, 0.5) is 0 Å². The Hall–Kier alpha value is -3.51. The van der Waals surface area contributed by atoms with Crippen molar-refractivity contribution in [2.75, 3.05) is 13.2 Å². The van der Waals surface area contributed by atoms with Crippen molar-refractivity contribution in [3.05, 3.63) is 35.9 Å². The lowest BCUT2D eigenvalue weighted by molar-refractivity contribution is -0.142. The number of benzene rings is 1. The average molecular weight is 424 g/mol. The van der Waals surface area contributed by atoms with Crippen molar-refractivity contribution in [1.82, 2.24) is 16.0 Å². The highest BCUT2D eigenvalue weighted by atomic mass is 16.4. The third-order valence-corrected chi connectivity index (χ3v) is 3.89. The van der Waals surface area contributed by atoms with Gasteiger partial charge in [-0.2, -0.15) is 0 Å². The van der Waals surface area contributed by atoms with Gasteiger partial charge >= 0.3 is 11.9 Å². The summed E-state index contributed by atoms with van der Waals surface area (Å²) in [4.78, 5) is 57.9. The molecule has 0 aliphatic heterocycles. The van der Waals surface area contributed by atoms with E-state index in [0.29, 0.717) is 5.56 Å². The van der Waals surface area contributed by atoms with Crippen LogP contribution in [0.5, 0.6) is 0 Å². The van der Waals surface area contributed by atoms with Gasteiger partial charge in [0.25, 0.3) is 0 Å². The lowest BCUT2D eigenvalue weighted by Crippen LogP contribution is -2.54. The SMILES string of the molecule is NC(CC(=O)O)C(=O)NC(Cc1ccccc1)C(=O)NCC(=O)NC(CO)C(=O)O. The molecule has 0 aliphatic carbocycles. The monoisotopic (exact) mass is 424 g/mol. The van der Waals surface area contributed by atoms with E-state index < -0.39 is 67.4 Å². The summed E-state index contributed by atoms with van der Waals surface area (Å²) in [6, 6.07) is 4.53. The molecular weight excluding hydrogens is 400 g/mol. The van der Waals surface area contributed by atoms with Crippen LogP contribution in [-0.4, -0.2) is 76.3 Å². The third-order valence-electron chi connectivity index (χ3n) is 3.89. The smallest absolute Gasteiger partial charge is 0.328 e. The molecule has 0 heterocycles. The minimum absolute atomic E-state index is 0.0359. The fourth-order valence-corrected chi connectivity index (χ4v) is 2.34. The summed E-state index contributed by atoms with van der Waals surface area (Å²) in [6.07, 6.45) is -0.597. The molecule has 3 atom stereocenters. The molecule has 1 aromatic carbocycles. The van der Waals surface area contributed by atoms with E-state index in [1.54, 1.807) is 30.3 Å². The van der Waals surface area contributed by atoms with Gasteiger partial charge in [0.05, 0.1) is 25.6 Å². The number of carbonyl (C=O) groups is 5. The Balaban J connectivity index is 2.78. The highest BCUT2D eigenvalue weighted by Gasteiger charge is 2.26. The lowest BCUT2D eigenvalue weighted by Gasteiger charge is -2.20. The van der Waals surface area contributed by atoms with Crippen LogP contribution in [0.2, 0.25) is 0 Å². The molecule has 3 amide bonds. The maximum atomic E-state index is 12.5. The molecule has 1 aromatic rings. The Labute approximate surface area is 171 Å². The maximum Gasteiger partial charge on any atom is 0.328 e. The Kier molecular flexibility index (Phi) is 9.92. The van der Waals surface area contributed by atoms with E-state index in [4.69, 9.17) is 21.1 Å². The van der Waals surface area contributed by atoms with Gasteiger partial charge in [0.2, 0.25) is 17.7 Å². The van der Waals surface area contributed by atoms with Gasteiger partial charge in [-0.1, -0.05) is 30.3 Å². The molecule has 0 radical (unpaired) electrons. The second-order valence-electron chi connectivity index (χ2n) is 6.31. The van der Waals surface area contributed by atoms with Gasteiger partial charge in [-0.25, -0.2) is 4.79 Å². The molecule has 0 bridgehead atoms. The number of nitrogens with two attached hydrogens (primary N) is 1. The first-order valence-electron chi connectivity index (χ1n) is 8.86. The topological polar surface area (TPSA) is 208 Å². The fourth-order valence-electron chi connectivity index (χ4n) is 2.34. The zero-order valence-electron chi connectivity index (χ0n) is 15.9. The maximum absolute atomic E-state index is 12.5. The van der Waals surface area contributed by atoms with Crippen LogP contribution < -0.4 is 21.7 Å². The molecule has 164 valence electrons. The second kappa shape index (κ2) is 12.1. The number of carbonyl (C=O) groups excluding carboxylic acids is 3. The van der Waals surface area contributed by atoms with Crippen molar-refractivity contribution < 1.29 is 39.3 Å². The number of hydrogen-bond donors (Lipinski definition) is 7. The third kappa shape index (κ3) is 8.67. The van der Waals surface area contributed by atoms with Crippen molar-refractivity contribution in [1.29, 1.82) is 0 Å². The summed E-state index contributed by atoms with van der Waals surface area (Å²) in [5, 5.41) is 33.1. The van der Waals surface area contributed by atoms with Crippen molar-refractivity contribution >= 4 is 29.7 Å². The van der Waals surface area contributed by atoms with E-state index in [2.05, 4.69) is 10.6 Å². The summed E-state index contributed by atoms with van der Waals surface area (Å²) in [6.45, 7) is -1.44. The number of hydrogen-bond acceptors (Lipinski definition) is 7. The Morgan fingerprint density at radius 2 is 1.57 bits per heavy atom. The van der Waals surface area contributed by atoms with Crippen LogP contribution >= 0.6 is 0 Å². The van der Waals surface area contributed by atoms with Crippen LogP contribution in [0.3, 0.4) is 0 Å². The normalized spacial score (nSPS) is 13.4. The van der Waals surface area contributed by atoms with Gasteiger partial charge in [0.1, 0.15) is 12.1 Å². The van der Waals surface area contributed by atoms with Crippen molar-refractivity contribution in [2.24, 2.45) is 5.73 Å². The predicted molar refractivity (Wildman–Crippen MR) is 102 cm³/mol. The predicted octanol–water partition coefficient (Wildman–Crippen LogP) is -2.81. The van der Waals surface area contributed by atoms with Crippen LogP contribution in [0.25, 0.3) is 0 Å². The van der Waals surface area contributed by atoms with Gasteiger partial charge in [-0.3, -0.25) is 19.2 Å². The first-order valence-corrected chi connectivity index (χ1v) is 8.86. The van der Waals surface area contributed by atoms with Gasteiger partial charge in [-0.15, -0.1) is 0 Å². The number of aliphatic carboxylic acids is 2. The number of aliphatic hydroxyl groups excluding tert-OH is 1. The summed E-state index contributed by atoms with van der Waals surface area (Å²) in [5.74, 6) is -5.21. The summed E-state index contributed by atoms with van der Waals surface area (Å²) >= 11 is 0. The molecule has 1 rings (SSSR count). The van der Waals surface area contributed by atoms with E-state index in [1.807, 2.05) is 5.32 Å². The average Bonchev–Trinajstić information content (AvgIpc) is 2.69. The number of nitrogens with one attached hydrogen (secondary N) is 3. The van der Waals surface area contributed by atoms with Crippen molar-refractivity contribution in [3.8, 4) is 0 Å². The number of amides is 3. The first kappa shape index (κ1) is 24.5. The van der Waals surface area contributed by atoms with E-state index in [-0.39, 0.29) is 6.42 Å². The zero-order valence-corrected chi connectivity index (χ0v) is 15.9. The van der Waals surface area contributed by atoms with Crippen molar-refractivity contribution in [2.45, 2.75) is 31.0 Å². The highest BCUT2D eigenvalue weighted by Crippen LogP contribution is 2.04. The van der Waals surface area contributed by atoms with Gasteiger partial charge < -0.3 is 37.0 Å². The Morgan fingerprint density at radius 3 is 2.10 bits per heavy atom. The highest BCUT2D eigenvalue weighted by molar-refractivity contribution is 5.93. The molecule has 0 aromatic heterocycles. The van der Waals surface area contributed by atoms with Crippen LogP contribution in [0.15, 0.2) is 30.3 Å². The lowest BCUT2D eigenvalue weighted by atomic mass is 10.0. The Morgan fingerprint density at radius 1 is 0.933 bits per heavy atom. The molecule has 3 unspecified atom stereocenters. The number of rotatable bonds is 12. The molecule has 12 heteroatoms. The van der Waals surface area contributed by atoms with Gasteiger partial charge in [0.15, 0.2) is 0 Å². The molecule has 30 heavy (non-hydrogen) atoms.